The summed E-state index contributed by atoms with van der Waals surface area (Å²) in [6, 6.07) is 15.7. The van der Waals surface area contributed by atoms with Crippen molar-refractivity contribution in [2.75, 3.05) is 11.1 Å². The third-order valence-electron chi connectivity index (χ3n) is 6.39. The van der Waals surface area contributed by atoms with Gasteiger partial charge in [0.05, 0.1) is 34.8 Å². The van der Waals surface area contributed by atoms with Crippen LogP contribution in [0.2, 0.25) is 0 Å². The molecular formula is C30H27F6N5O2S. The second kappa shape index (κ2) is 12.7. The second-order valence-corrected chi connectivity index (χ2v) is 11.6. The Labute approximate surface area is 253 Å². The van der Waals surface area contributed by atoms with Gasteiger partial charge < -0.3 is 10.6 Å². The Kier molecular flexibility index (Phi) is 9.42. The number of hydrogen-bond acceptors (Lipinski definition) is 5. The second-order valence-electron chi connectivity index (χ2n) is 10.7. The number of nitrogens with zero attached hydrogens (tertiary/aromatic N) is 3. The Morgan fingerprint density at radius 2 is 1.50 bits per heavy atom. The van der Waals surface area contributed by atoms with Gasteiger partial charge in [-0.1, -0.05) is 62.9 Å². The maximum atomic E-state index is 13.5. The minimum atomic E-state index is -4.70. The van der Waals surface area contributed by atoms with Crippen molar-refractivity contribution >= 4 is 29.3 Å². The molecule has 0 saturated heterocycles. The van der Waals surface area contributed by atoms with Crippen molar-refractivity contribution in [3.8, 4) is 5.69 Å². The zero-order valence-corrected chi connectivity index (χ0v) is 24.5. The average Bonchev–Trinajstić information content (AvgIpc) is 3.36. The first-order valence-electron chi connectivity index (χ1n) is 13.1. The van der Waals surface area contributed by atoms with Crippen LogP contribution in [-0.4, -0.2) is 32.3 Å². The van der Waals surface area contributed by atoms with Crippen LogP contribution in [0.4, 0.5) is 32.0 Å². The Morgan fingerprint density at radius 3 is 2.14 bits per heavy atom. The molecular weight excluding hydrogens is 608 g/mol. The van der Waals surface area contributed by atoms with Crippen molar-refractivity contribution in [1.82, 2.24) is 20.1 Å². The molecule has 0 saturated carbocycles. The van der Waals surface area contributed by atoms with E-state index in [1.54, 1.807) is 12.1 Å². The van der Waals surface area contributed by atoms with E-state index in [1.807, 2.05) is 32.9 Å². The lowest BCUT2D eigenvalue weighted by Crippen LogP contribution is -2.25. The first kappa shape index (κ1) is 32.6. The summed E-state index contributed by atoms with van der Waals surface area (Å²) in [4.78, 5) is 25.5. The molecule has 0 aliphatic heterocycles. The molecule has 3 aromatic carbocycles. The van der Waals surface area contributed by atoms with Gasteiger partial charge in [-0.3, -0.25) is 14.2 Å². The predicted octanol–water partition coefficient (Wildman–Crippen LogP) is 7.26. The molecule has 232 valence electrons. The van der Waals surface area contributed by atoms with Crippen LogP contribution >= 0.6 is 11.8 Å². The van der Waals surface area contributed by atoms with Gasteiger partial charge >= 0.3 is 12.4 Å². The van der Waals surface area contributed by atoms with E-state index in [-0.39, 0.29) is 28.6 Å². The Bertz CT molecular complexity index is 1640. The van der Waals surface area contributed by atoms with Crippen molar-refractivity contribution in [1.29, 1.82) is 0 Å². The molecule has 44 heavy (non-hydrogen) atoms. The van der Waals surface area contributed by atoms with E-state index in [0.717, 1.165) is 41.6 Å². The Morgan fingerprint density at radius 1 is 0.818 bits per heavy atom. The molecule has 0 spiro atoms. The van der Waals surface area contributed by atoms with Crippen molar-refractivity contribution in [3.05, 3.63) is 101 Å². The molecule has 0 bridgehead atoms. The van der Waals surface area contributed by atoms with Crippen LogP contribution in [0.25, 0.3) is 5.69 Å². The van der Waals surface area contributed by atoms with Gasteiger partial charge in [0.2, 0.25) is 5.91 Å². The number of amides is 2. The van der Waals surface area contributed by atoms with Gasteiger partial charge in [0.1, 0.15) is 0 Å². The molecule has 2 N–H and O–H groups in total. The van der Waals surface area contributed by atoms with E-state index >= 15 is 0 Å². The lowest BCUT2D eigenvalue weighted by Gasteiger charge is -2.19. The maximum absolute atomic E-state index is 13.5. The number of carbonyl (C=O) groups excluding carboxylic acids is 2. The highest BCUT2D eigenvalue weighted by Crippen LogP contribution is 2.35. The minimum Gasteiger partial charge on any atom is -0.345 e. The summed E-state index contributed by atoms with van der Waals surface area (Å²) in [5, 5.41) is 12.9. The Hall–Kier alpha value is -4.33. The van der Waals surface area contributed by atoms with E-state index in [9.17, 15) is 35.9 Å². The largest absolute Gasteiger partial charge is 0.418 e. The highest BCUT2D eigenvalue weighted by atomic mass is 32.2. The van der Waals surface area contributed by atoms with Gasteiger partial charge in [0, 0.05) is 5.56 Å². The molecule has 2 amide bonds. The molecule has 0 fully saturated rings. The molecule has 0 aliphatic carbocycles. The number of carbonyl (C=O) groups is 2. The first-order chi connectivity index (χ1) is 20.5. The van der Waals surface area contributed by atoms with E-state index in [4.69, 9.17) is 0 Å². The van der Waals surface area contributed by atoms with Crippen LogP contribution in [0.5, 0.6) is 0 Å². The smallest absolute Gasteiger partial charge is 0.345 e. The van der Waals surface area contributed by atoms with Gasteiger partial charge in [-0.05, 0) is 53.4 Å². The van der Waals surface area contributed by atoms with Crippen LogP contribution in [0.15, 0.2) is 78.0 Å². The predicted molar refractivity (Wildman–Crippen MR) is 153 cm³/mol. The molecule has 1 heterocycles. The van der Waals surface area contributed by atoms with Crippen LogP contribution in [0, 0.1) is 0 Å². The van der Waals surface area contributed by atoms with E-state index < -0.39 is 46.7 Å². The van der Waals surface area contributed by atoms with Crippen molar-refractivity contribution in [2.45, 2.75) is 50.2 Å². The maximum Gasteiger partial charge on any atom is 0.418 e. The molecule has 4 aromatic rings. The van der Waals surface area contributed by atoms with Gasteiger partial charge in [-0.25, -0.2) is 0 Å². The molecule has 1 aromatic heterocycles. The molecule has 0 aliphatic rings. The van der Waals surface area contributed by atoms with E-state index in [1.165, 1.54) is 28.8 Å². The summed E-state index contributed by atoms with van der Waals surface area (Å²) in [5.74, 6) is -1.63. The highest BCUT2D eigenvalue weighted by molar-refractivity contribution is 7.99. The van der Waals surface area contributed by atoms with Crippen molar-refractivity contribution in [3.63, 3.8) is 0 Å². The van der Waals surface area contributed by atoms with Crippen LogP contribution in [0.1, 0.15) is 53.6 Å². The van der Waals surface area contributed by atoms with Gasteiger partial charge in [-0.2, -0.15) is 26.3 Å². The summed E-state index contributed by atoms with van der Waals surface area (Å²) < 4.78 is 81.7. The number of hydrogen-bond donors (Lipinski definition) is 2. The molecule has 0 radical (unpaired) electrons. The van der Waals surface area contributed by atoms with Gasteiger partial charge in [0.15, 0.2) is 11.0 Å². The van der Waals surface area contributed by atoms with Crippen LogP contribution < -0.4 is 10.6 Å². The zero-order valence-electron chi connectivity index (χ0n) is 23.7. The first-order valence-corrected chi connectivity index (χ1v) is 14.1. The number of benzene rings is 3. The topological polar surface area (TPSA) is 88.9 Å². The summed E-state index contributed by atoms with van der Waals surface area (Å²) in [7, 11) is 0. The number of alkyl halides is 6. The third kappa shape index (κ3) is 7.98. The summed E-state index contributed by atoms with van der Waals surface area (Å²) in [6.07, 6.45) is -9.36. The number of anilines is 1. The number of halogens is 6. The van der Waals surface area contributed by atoms with Crippen LogP contribution in [0.3, 0.4) is 0 Å². The molecule has 7 nitrogen and oxygen atoms in total. The summed E-state index contributed by atoms with van der Waals surface area (Å²) in [6.45, 7) is 5.87. The fourth-order valence-electron chi connectivity index (χ4n) is 4.13. The molecule has 0 atom stereocenters. The summed E-state index contributed by atoms with van der Waals surface area (Å²) in [5.41, 5.74) is -1.16. The van der Waals surface area contributed by atoms with Gasteiger partial charge in [-0.15, -0.1) is 10.2 Å². The number of thioether (sulfide) groups is 1. The lowest BCUT2D eigenvalue weighted by molar-refractivity contribution is -0.138. The lowest BCUT2D eigenvalue weighted by atomic mass is 9.87. The standard InChI is InChI=1S/C30H27F6N5O2S/c1-28(2,3)19-13-11-18(12-14-19)26(43)37-16-24-39-40-27(41(24)21-8-6-7-20(15-21)29(31,32)33)44-17-25(42)38-23-10-5-4-9-22(23)30(34,35)36/h4-15H,16-17H2,1-3H3,(H,37,43)(H,38,42). The third-order valence-corrected chi connectivity index (χ3v) is 7.32. The fraction of sp³-hybridized carbons (Fsp3) is 0.267. The number of rotatable bonds is 8. The average molecular weight is 636 g/mol. The molecule has 4 rings (SSSR count). The Balaban J connectivity index is 1.57. The zero-order chi connectivity index (χ0) is 32.3. The quantitative estimate of drug-likeness (QED) is 0.157. The van der Waals surface area contributed by atoms with Crippen molar-refractivity contribution < 1.29 is 35.9 Å². The highest BCUT2D eigenvalue weighted by Gasteiger charge is 2.34. The van der Waals surface area contributed by atoms with E-state index in [2.05, 4.69) is 20.8 Å². The summed E-state index contributed by atoms with van der Waals surface area (Å²) >= 11 is 0.753. The number of para-hydroxylation sites is 1. The number of nitrogens with one attached hydrogen (secondary N) is 2. The number of aromatic nitrogens is 3. The molecule has 0 unspecified atom stereocenters. The monoisotopic (exact) mass is 635 g/mol. The molecule has 14 heteroatoms. The van der Waals surface area contributed by atoms with Crippen LogP contribution in [-0.2, 0) is 29.1 Å². The minimum absolute atomic E-state index is 0.00827. The normalized spacial score (nSPS) is 12.2. The van der Waals surface area contributed by atoms with Crippen molar-refractivity contribution in [2.24, 2.45) is 0 Å². The van der Waals surface area contributed by atoms with E-state index in [0.29, 0.717) is 5.56 Å². The SMILES string of the molecule is CC(C)(C)c1ccc(C(=O)NCc2nnc(SCC(=O)Nc3ccccc3C(F)(F)F)n2-c2cccc(C(F)(F)F)c2)cc1. The fourth-order valence-corrected chi connectivity index (χ4v) is 4.90. The van der Waals surface area contributed by atoms with Gasteiger partial charge in [0.25, 0.3) is 5.91 Å².